The minimum Gasteiger partial charge on any atom is -0.505 e. The standard InChI is InChI=1S/C7H4F4O/c8-5-3-4(7(9,10)11)1-2-6(5)12/h1-3,12H. The van der Waals surface area contributed by atoms with E-state index in [2.05, 4.69) is 0 Å². The second kappa shape index (κ2) is 2.66. The van der Waals surface area contributed by atoms with E-state index in [1.54, 1.807) is 0 Å². The van der Waals surface area contributed by atoms with Crippen molar-refractivity contribution in [2.45, 2.75) is 6.18 Å². The molecule has 0 bridgehead atoms. The smallest absolute Gasteiger partial charge is 0.416 e. The van der Waals surface area contributed by atoms with Gasteiger partial charge in [-0.2, -0.15) is 13.2 Å². The first-order valence-electron chi connectivity index (χ1n) is 2.97. The van der Waals surface area contributed by atoms with Crippen LogP contribution in [0, 0.1) is 5.82 Å². The fourth-order valence-corrected chi connectivity index (χ4v) is 0.683. The number of aromatic hydroxyl groups is 1. The molecular formula is C7H4F4O. The molecule has 0 atom stereocenters. The number of phenolic OH excluding ortho intramolecular Hbond substituents is 1. The summed E-state index contributed by atoms with van der Waals surface area (Å²) in [5.74, 6) is -2.06. The molecule has 1 rings (SSSR count). The van der Waals surface area contributed by atoms with E-state index in [-0.39, 0.29) is 6.07 Å². The van der Waals surface area contributed by atoms with Crippen molar-refractivity contribution >= 4 is 0 Å². The molecule has 0 aliphatic carbocycles. The maximum atomic E-state index is 12.4. The van der Waals surface area contributed by atoms with Gasteiger partial charge in [-0.05, 0) is 18.2 Å². The van der Waals surface area contributed by atoms with E-state index >= 15 is 0 Å². The number of hydrogen-bond acceptors (Lipinski definition) is 1. The molecular weight excluding hydrogens is 176 g/mol. The normalized spacial score (nSPS) is 11.7. The predicted octanol–water partition coefficient (Wildman–Crippen LogP) is 2.55. The highest BCUT2D eigenvalue weighted by molar-refractivity contribution is 5.29. The minimum atomic E-state index is -4.57. The van der Waals surface area contributed by atoms with Crippen LogP contribution >= 0.6 is 0 Å². The Hall–Kier alpha value is -1.26. The molecule has 0 heterocycles. The summed E-state index contributed by atoms with van der Waals surface area (Å²) in [4.78, 5) is 0. The first kappa shape index (κ1) is 8.83. The van der Waals surface area contributed by atoms with Crippen LogP contribution in [0.25, 0.3) is 0 Å². The quantitative estimate of drug-likeness (QED) is 0.608. The van der Waals surface area contributed by atoms with Gasteiger partial charge in [-0.25, -0.2) is 4.39 Å². The molecule has 1 nitrogen and oxygen atoms in total. The summed E-state index contributed by atoms with van der Waals surface area (Å²) in [6.07, 6.45) is -4.57. The lowest BCUT2D eigenvalue weighted by atomic mass is 10.2. The van der Waals surface area contributed by atoms with E-state index < -0.39 is 23.3 Å². The topological polar surface area (TPSA) is 20.2 Å². The van der Waals surface area contributed by atoms with Crippen molar-refractivity contribution in [3.8, 4) is 5.75 Å². The van der Waals surface area contributed by atoms with Crippen LogP contribution in [0.1, 0.15) is 5.56 Å². The van der Waals surface area contributed by atoms with E-state index in [0.717, 1.165) is 0 Å². The number of rotatable bonds is 0. The molecule has 0 fully saturated rings. The summed E-state index contributed by atoms with van der Waals surface area (Å²) in [5.41, 5.74) is -1.11. The Morgan fingerprint density at radius 1 is 1.17 bits per heavy atom. The van der Waals surface area contributed by atoms with Gasteiger partial charge in [0.25, 0.3) is 0 Å². The maximum Gasteiger partial charge on any atom is 0.416 e. The molecule has 1 aromatic carbocycles. The zero-order valence-electron chi connectivity index (χ0n) is 5.69. The fraction of sp³-hybridized carbons (Fsp3) is 0.143. The molecule has 0 saturated carbocycles. The van der Waals surface area contributed by atoms with Crippen LogP contribution in [0.4, 0.5) is 17.6 Å². The summed E-state index contributed by atoms with van der Waals surface area (Å²) in [6, 6.07) is 1.52. The second-order valence-electron chi connectivity index (χ2n) is 2.16. The van der Waals surface area contributed by atoms with E-state index in [1.165, 1.54) is 0 Å². The summed E-state index contributed by atoms with van der Waals surface area (Å²) in [5, 5.41) is 8.57. The van der Waals surface area contributed by atoms with E-state index in [4.69, 9.17) is 5.11 Å². The van der Waals surface area contributed by atoms with Crippen molar-refractivity contribution in [2.24, 2.45) is 0 Å². The van der Waals surface area contributed by atoms with Crippen molar-refractivity contribution in [2.75, 3.05) is 0 Å². The van der Waals surface area contributed by atoms with E-state index in [0.29, 0.717) is 12.1 Å². The van der Waals surface area contributed by atoms with Gasteiger partial charge in [0.2, 0.25) is 0 Å². The van der Waals surface area contributed by atoms with Crippen molar-refractivity contribution in [1.82, 2.24) is 0 Å². The molecule has 0 aromatic heterocycles. The summed E-state index contributed by atoms with van der Waals surface area (Å²) in [6.45, 7) is 0. The van der Waals surface area contributed by atoms with Gasteiger partial charge in [0.15, 0.2) is 11.6 Å². The molecule has 0 unspecified atom stereocenters. The lowest BCUT2D eigenvalue weighted by Crippen LogP contribution is -2.04. The SMILES string of the molecule is Oc1ccc(C(F)(F)F)cc1F. The van der Waals surface area contributed by atoms with Gasteiger partial charge in [0.1, 0.15) is 0 Å². The van der Waals surface area contributed by atoms with Crippen LogP contribution in [-0.2, 0) is 6.18 Å². The van der Waals surface area contributed by atoms with Crippen LogP contribution < -0.4 is 0 Å². The van der Waals surface area contributed by atoms with Gasteiger partial charge >= 0.3 is 6.18 Å². The molecule has 66 valence electrons. The van der Waals surface area contributed by atoms with Gasteiger partial charge in [-0.15, -0.1) is 0 Å². The molecule has 0 aliphatic rings. The van der Waals surface area contributed by atoms with E-state index in [1.807, 2.05) is 0 Å². The zero-order valence-corrected chi connectivity index (χ0v) is 5.69. The highest BCUT2D eigenvalue weighted by Gasteiger charge is 2.31. The third kappa shape index (κ3) is 1.66. The predicted molar refractivity (Wildman–Crippen MR) is 33.1 cm³/mol. The lowest BCUT2D eigenvalue weighted by Gasteiger charge is -2.05. The molecule has 0 amide bonds. The highest BCUT2D eigenvalue weighted by Crippen LogP contribution is 2.31. The van der Waals surface area contributed by atoms with Crippen LogP contribution in [0.15, 0.2) is 18.2 Å². The Labute approximate surface area is 65.3 Å². The number of hydrogen-bond donors (Lipinski definition) is 1. The lowest BCUT2D eigenvalue weighted by molar-refractivity contribution is -0.137. The Kier molecular flexibility index (Phi) is 1.95. The zero-order chi connectivity index (χ0) is 9.35. The average molecular weight is 180 g/mol. The number of phenols is 1. The fourth-order valence-electron chi connectivity index (χ4n) is 0.683. The van der Waals surface area contributed by atoms with Crippen LogP contribution in [-0.4, -0.2) is 5.11 Å². The first-order chi connectivity index (χ1) is 5.41. The minimum absolute atomic E-state index is 0.245. The molecule has 0 saturated heterocycles. The largest absolute Gasteiger partial charge is 0.505 e. The maximum absolute atomic E-state index is 12.4. The van der Waals surface area contributed by atoms with Gasteiger partial charge < -0.3 is 5.11 Å². The first-order valence-corrected chi connectivity index (χ1v) is 2.97. The van der Waals surface area contributed by atoms with Gasteiger partial charge in [-0.3, -0.25) is 0 Å². The van der Waals surface area contributed by atoms with Crippen molar-refractivity contribution in [3.63, 3.8) is 0 Å². The summed E-state index contributed by atoms with van der Waals surface area (Å²) >= 11 is 0. The molecule has 5 heteroatoms. The average Bonchev–Trinajstić information content (AvgIpc) is 1.92. The second-order valence-corrected chi connectivity index (χ2v) is 2.16. The number of benzene rings is 1. The molecule has 0 aliphatic heterocycles. The van der Waals surface area contributed by atoms with Crippen molar-refractivity contribution < 1.29 is 22.7 Å². The van der Waals surface area contributed by atoms with Crippen molar-refractivity contribution in [1.29, 1.82) is 0 Å². The van der Waals surface area contributed by atoms with Crippen LogP contribution in [0.5, 0.6) is 5.75 Å². The summed E-state index contributed by atoms with van der Waals surface area (Å²) < 4.78 is 47.9. The van der Waals surface area contributed by atoms with Gasteiger partial charge in [-0.1, -0.05) is 0 Å². The van der Waals surface area contributed by atoms with Crippen molar-refractivity contribution in [3.05, 3.63) is 29.6 Å². The monoisotopic (exact) mass is 180 g/mol. The Morgan fingerprint density at radius 3 is 2.17 bits per heavy atom. The molecule has 0 radical (unpaired) electrons. The molecule has 0 spiro atoms. The molecule has 1 aromatic rings. The number of halogens is 4. The Balaban J connectivity index is 3.14. The van der Waals surface area contributed by atoms with Gasteiger partial charge in [0, 0.05) is 0 Å². The van der Waals surface area contributed by atoms with E-state index in [9.17, 15) is 17.6 Å². The van der Waals surface area contributed by atoms with Crippen LogP contribution in [0.2, 0.25) is 0 Å². The van der Waals surface area contributed by atoms with Gasteiger partial charge in [0.05, 0.1) is 5.56 Å². The molecule has 1 N–H and O–H groups in total. The third-order valence-electron chi connectivity index (χ3n) is 1.28. The van der Waals surface area contributed by atoms with Crippen LogP contribution in [0.3, 0.4) is 0 Å². The number of alkyl halides is 3. The highest BCUT2D eigenvalue weighted by atomic mass is 19.4. The Morgan fingerprint density at radius 2 is 1.75 bits per heavy atom. The summed E-state index contributed by atoms with van der Waals surface area (Å²) in [7, 11) is 0. The molecule has 12 heavy (non-hydrogen) atoms. The third-order valence-corrected chi connectivity index (χ3v) is 1.28. The Bertz CT molecular complexity index is 292.